The van der Waals surface area contributed by atoms with E-state index in [1.807, 2.05) is 27.0 Å². The second kappa shape index (κ2) is 8.54. The summed E-state index contributed by atoms with van der Waals surface area (Å²) in [6.45, 7) is 11.3. The molecule has 1 aliphatic rings. The van der Waals surface area contributed by atoms with Crippen molar-refractivity contribution in [1.29, 1.82) is 0 Å². The van der Waals surface area contributed by atoms with Crippen LogP contribution in [0.15, 0.2) is 18.5 Å². The molecule has 25 heavy (non-hydrogen) atoms. The largest absolute Gasteiger partial charge is 0.490 e. The fraction of sp³-hybridized carbons (Fsp3) is 0.700. The van der Waals surface area contributed by atoms with E-state index >= 15 is 0 Å². The number of likely N-dealkylation sites (tertiary alicyclic amines) is 1. The lowest BCUT2D eigenvalue weighted by atomic mass is 9.93. The predicted octanol–water partition coefficient (Wildman–Crippen LogP) is 4.76. The average Bonchev–Trinajstić information content (AvgIpc) is 2.50. The molecule has 2 heterocycles. The SMILES string of the molecule is CCCC(CC)c1cncc(OCC2CCN2C(=O)OC(C)(C)C)c1. The van der Waals surface area contributed by atoms with Crippen molar-refractivity contribution in [3.8, 4) is 5.75 Å². The standard InChI is InChI=1S/C20H32N2O3/c1-6-8-15(7-2)16-11-18(13-21-12-16)24-14-17-9-10-22(17)19(23)25-20(3,4)5/h11-13,15,17H,6-10,14H2,1-5H3. The first-order chi connectivity index (χ1) is 11.8. The van der Waals surface area contributed by atoms with Gasteiger partial charge in [0.25, 0.3) is 0 Å². The van der Waals surface area contributed by atoms with Crippen LogP contribution in [-0.4, -0.2) is 40.8 Å². The topological polar surface area (TPSA) is 51.7 Å². The van der Waals surface area contributed by atoms with E-state index in [9.17, 15) is 4.79 Å². The average molecular weight is 348 g/mol. The second-order valence-corrected chi connectivity index (χ2v) is 7.78. The highest BCUT2D eigenvalue weighted by Gasteiger charge is 2.35. The van der Waals surface area contributed by atoms with Crippen molar-refractivity contribution in [1.82, 2.24) is 9.88 Å². The number of carbonyl (C=O) groups excluding carboxylic acids is 1. The first kappa shape index (κ1) is 19.5. The van der Waals surface area contributed by atoms with Crippen molar-refractivity contribution in [3.05, 3.63) is 24.0 Å². The fourth-order valence-corrected chi connectivity index (χ4v) is 3.06. The molecule has 0 N–H and O–H groups in total. The molecule has 2 unspecified atom stereocenters. The Hall–Kier alpha value is -1.78. The van der Waals surface area contributed by atoms with Crippen molar-refractivity contribution in [2.24, 2.45) is 0 Å². The van der Waals surface area contributed by atoms with Crippen molar-refractivity contribution in [3.63, 3.8) is 0 Å². The normalized spacial score (nSPS) is 18.4. The van der Waals surface area contributed by atoms with Crippen LogP contribution in [0.1, 0.15) is 71.8 Å². The van der Waals surface area contributed by atoms with Gasteiger partial charge in [0.2, 0.25) is 0 Å². The highest BCUT2D eigenvalue weighted by atomic mass is 16.6. The molecular weight excluding hydrogens is 316 g/mol. The summed E-state index contributed by atoms with van der Waals surface area (Å²) in [4.78, 5) is 18.2. The Bertz CT molecular complexity index is 568. The summed E-state index contributed by atoms with van der Waals surface area (Å²) in [5.41, 5.74) is 0.768. The van der Waals surface area contributed by atoms with Crippen LogP contribution in [0.4, 0.5) is 4.79 Å². The maximum Gasteiger partial charge on any atom is 0.410 e. The van der Waals surface area contributed by atoms with Crippen molar-refractivity contribution < 1.29 is 14.3 Å². The molecular formula is C20H32N2O3. The van der Waals surface area contributed by atoms with Gasteiger partial charge in [-0.05, 0) is 57.6 Å². The number of ether oxygens (including phenoxy) is 2. The molecule has 140 valence electrons. The Kier molecular flexibility index (Phi) is 6.68. The van der Waals surface area contributed by atoms with Crippen LogP contribution in [0.5, 0.6) is 5.75 Å². The molecule has 0 saturated carbocycles. The molecule has 0 aliphatic carbocycles. The molecule has 1 fully saturated rings. The fourth-order valence-electron chi connectivity index (χ4n) is 3.06. The third-order valence-electron chi connectivity index (χ3n) is 4.55. The number of nitrogens with zero attached hydrogens (tertiary/aromatic N) is 2. The zero-order valence-electron chi connectivity index (χ0n) is 16.2. The molecule has 0 bridgehead atoms. The van der Waals surface area contributed by atoms with Gasteiger partial charge in [0.15, 0.2) is 0 Å². The Morgan fingerprint density at radius 3 is 2.68 bits per heavy atom. The lowest BCUT2D eigenvalue weighted by Gasteiger charge is -2.41. The van der Waals surface area contributed by atoms with Crippen LogP contribution in [-0.2, 0) is 4.74 Å². The quantitative estimate of drug-likeness (QED) is 0.712. The van der Waals surface area contributed by atoms with E-state index in [0.29, 0.717) is 12.5 Å². The van der Waals surface area contributed by atoms with Crippen LogP contribution < -0.4 is 4.74 Å². The van der Waals surface area contributed by atoms with Gasteiger partial charge >= 0.3 is 6.09 Å². The van der Waals surface area contributed by atoms with Gasteiger partial charge in [0, 0.05) is 12.7 Å². The van der Waals surface area contributed by atoms with Crippen LogP contribution >= 0.6 is 0 Å². The number of hydrogen-bond acceptors (Lipinski definition) is 4. The molecule has 0 aromatic carbocycles. The molecule has 1 aromatic heterocycles. The smallest absolute Gasteiger partial charge is 0.410 e. The maximum atomic E-state index is 12.2. The minimum Gasteiger partial charge on any atom is -0.490 e. The zero-order valence-corrected chi connectivity index (χ0v) is 16.2. The van der Waals surface area contributed by atoms with E-state index in [4.69, 9.17) is 9.47 Å². The van der Waals surface area contributed by atoms with Gasteiger partial charge in [-0.1, -0.05) is 20.3 Å². The van der Waals surface area contributed by atoms with Crippen LogP contribution in [0.2, 0.25) is 0 Å². The molecule has 1 saturated heterocycles. The van der Waals surface area contributed by atoms with Crippen molar-refractivity contribution in [2.75, 3.05) is 13.2 Å². The lowest BCUT2D eigenvalue weighted by Crippen LogP contribution is -2.55. The van der Waals surface area contributed by atoms with Crippen LogP contribution in [0.25, 0.3) is 0 Å². The molecule has 0 spiro atoms. The monoisotopic (exact) mass is 348 g/mol. The highest BCUT2D eigenvalue weighted by Crippen LogP contribution is 2.27. The third-order valence-corrected chi connectivity index (χ3v) is 4.55. The number of amides is 1. The van der Waals surface area contributed by atoms with Crippen molar-refractivity contribution >= 4 is 6.09 Å². The Morgan fingerprint density at radius 1 is 1.36 bits per heavy atom. The van der Waals surface area contributed by atoms with E-state index in [1.54, 1.807) is 11.1 Å². The summed E-state index contributed by atoms with van der Waals surface area (Å²) >= 11 is 0. The van der Waals surface area contributed by atoms with E-state index in [-0.39, 0.29) is 12.1 Å². The Morgan fingerprint density at radius 2 is 2.12 bits per heavy atom. The molecule has 0 radical (unpaired) electrons. The van der Waals surface area contributed by atoms with Gasteiger partial charge in [-0.3, -0.25) is 4.98 Å². The second-order valence-electron chi connectivity index (χ2n) is 7.78. The summed E-state index contributed by atoms with van der Waals surface area (Å²) in [5.74, 6) is 1.31. The van der Waals surface area contributed by atoms with Crippen LogP contribution in [0.3, 0.4) is 0 Å². The van der Waals surface area contributed by atoms with E-state index in [2.05, 4.69) is 24.9 Å². The lowest BCUT2D eigenvalue weighted by molar-refractivity contribution is -0.0141. The molecule has 1 aromatic rings. The summed E-state index contributed by atoms with van der Waals surface area (Å²) in [7, 11) is 0. The summed E-state index contributed by atoms with van der Waals surface area (Å²) in [5, 5.41) is 0. The van der Waals surface area contributed by atoms with E-state index in [1.165, 1.54) is 5.56 Å². The number of rotatable bonds is 7. The summed E-state index contributed by atoms with van der Waals surface area (Å²) in [6.07, 6.45) is 7.81. The number of hydrogen-bond donors (Lipinski definition) is 0. The van der Waals surface area contributed by atoms with E-state index < -0.39 is 5.60 Å². The Balaban J connectivity index is 1.90. The van der Waals surface area contributed by atoms with E-state index in [0.717, 1.165) is 38.0 Å². The number of aromatic nitrogens is 1. The van der Waals surface area contributed by atoms with Gasteiger partial charge in [-0.25, -0.2) is 4.79 Å². The Labute approximate surface area is 151 Å². The highest BCUT2D eigenvalue weighted by molar-refractivity contribution is 5.69. The van der Waals surface area contributed by atoms with Gasteiger partial charge in [-0.2, -0.15) is 0 Å². The van der Waals surface area contributed by atoms with Gasteiger partial charge in [0.05, 0.1) is 12.2 Å². The molecule has 2 rings (SSSR count). The minimum absolute atomic E-state index is 0.0797. The number of pyridine rings is 1. The third kappa shape index (κ3) is 5.62. The molecule has 5 nitrogen and oxygen atoms in total. The van der Waals surface area contributed by atoms with Gasteiger partial charge < -0.3 is 14.4 Å². The molecule has 5 heteroatoms. The van der Waals surface area contributed by atoms with Gasteiger partial charge in [-0.15, -0.1) is 0 Å². The maximum absolute atomic E-state index is 12.2. The molecule has 1 amide bonds. The summed E-state index contributed by atoms with van der Waals surface area (Å²) < 4.78 is 11.4. The van der Waals surface area contributed by atoms with Gasteiger partial charge in [0.1, 0.15) is 18.0 Å². The molecule has 2 atom stereocenters. The van der Waals surface area contributed by atoms with Crippen LogP contribution in [0, 0.1) is 0 Å². The van der Waals surface area contributed by atoms with Crippen molar-refractivity contribution in [2.45, 2.75) is 77.9 Å². The minimum atomic E-state index is -0.467. The first-order valence-corrected chi connectivity index (χ1v) is 9.41. The zero-order chi connectivity index (χ0) is 18.4. The first-order valence-electron chi connectivity index (χ1n) is 9.41. The summed E-state index contributed by atoms with van der Waals surface area (Å²) in [6, 6.07) is 2.17. The predicted molar refractivity (Wildman–Crippen MR) is 99.0 cm³/mol. The number of carbonyl (C=O) groups is 1. The molecule has 1 aliphatic heterocycles.